The van der Waals surface area contributed by atoms with Gasteiger partial charge in [0.25, 0.3) is 0 Å². The number of hydrogen-bond acceptors (Lipinski definition) is 2. The summed E-state index contributed by atoms with van der Waals surface area (Å²) in [5.41, 5.74) is 0. The van der Waals surface area contributed by atoms with Crippen molar-refractivity contribution < 1.29 is 17.2 Å². The summed E-state index contributed by atoms with van der Waals surface area (Å²) in [6.07, 6.45) is 2.76. The van der Waals surface area contributed by atoms with Gasteiger partial charge in [0, 0.05) is 13.1 Å². The zero-order valence-corrected chi connectivity index (χ0v) is 11.6. The molecule has 0 aliphatic heterocycles. The zero-order valence-electron chi connectivity index (χ0n) is 10.8. The lowest BCUT2D eigenvalue weighted by Gasteiger charge is -2.21. The zero-order chi connectivity index (χ0) is 14.0. The SMILES string of the molecule is CCCN(CC1CC1)S(=O)(=O)c1ccc(F)c(F)c1. The molecule has 0 N–H and O–H groups in total. The number of hydrogen-bond donors (Lipinski definition) is 0. The molecule has 1 aliphatic rings. The van der Waals surface area contributed by atoms with E-state index in [2.05, 4.69) is 0 Å². The van der Waals surface area contributed by atoms with Gasteiger partial charge in [0.05, 0.1) is 4.90 Å². The van der Waals surface area contributed by atoms with Gasteiger partial charge in [-0.25, -0.2) is 17.2 Å². The first-order valence-electron chi connectivity index (χ1n) is 6.40. The van der Waals surface area contributed by atoms with Crippen molar-refractivity contribution in [2.24, 2.45) is 5.92 Å². The minimum Gasteiger partial charge on any atom is -0.207 e. The number of benzene rings is 1. The van der Waals surface area contributed by atoms with E-state index >= 15 is 0 Å². The van der Waals surface area contributed by atoms with Gasteiger partial charge in [-0.2, -0.15) is 4.31 Å². The van der Waals surface area contributed by atoms with Crippen LogP contribution in [0.5, 0.6) is 0 Å². The van der Waals surface area contributed by atoms with E-state index in [9.17, 15) is 17.2 Å². The molecule has 0 amide bonds. The van der Waals surface area contributed by atoms with Crippen molar-refractivity contribution in [2.45, 2.75) is 31.1 Å². The summed E-state index contributed by atoms with van der Waals surface area (Å²) in [5, 5.41) is 0. The van der Waals surface area contributed by atoms with E-state index in [0.717, 1.165) is 31.0 Å². The average Bonchev–Trinajstić information content (AvgIpc) is 3.16. The van der Waals surface area contributed by atoms with E-state index in [4.69, 9.17) is 0 Å². The molecule has 106 valence electrons. The number of nitrogens with zero attached hydrogens (tertiary/aromatic N) is 1. The predicted molar refractivity (Wildman–Crippen MR) is 68.1 cm³/mol. The van der Waals surface area contributed by atoms with Crippen LogP contribution in [0.25, 0.3) is 0 Å². The van der Waals surface area contributed by atoms with E-state index in [-0.39, 0.29) is 4.90 Å². The number of sulfonamides is 1. The molecule has 3 nitrogen and oxygen atoms in total. The molecule has 0 spiro atoms. The molecule has 1 saturated carbocycles. The molecule has 6 heteroatoms. The third-order valence-corrected chi connectivity index (χ3v) is 5.02. The average molecular weight is 289 g/mol. The summed E-state index contributed by atoms with van der Waals surface area (Å²) >= 11 is 0. The van der Waals surface area contributed by atoms with Crippen LogP contribution < -0.4 is 0 Å². The van der Waals surface area contributed by atoms with Gasteiger partial charge in [-0.05, 0) is 43.4 Å². The second-order valence-electron chi connectivity index (χ2n) is 4.88. The van der Waals surface area contributed by atoms with Crippen LogP contribution in [0.2, 0.25) is 0 Å². The highest BCUT2D eigenvalue weighted by atomic mass is 32.2. The maximum absolute atomic E-state index is 13.2. The van der Waals surface area contributed by atoms with Crippen LogP contribution in [-0.4, -0.2) is 25.8 Å². The second-order valence-corrected chi connectivity index (χ2v) is 6.82. The Balaban J connectivity index is 2.28. The largest absolute Gasteiger partial charge is 0.243 e. The van der Waals surface area contributed by atoms with Crippen molar-refractivity contribution in [1.82, 2.24) is 4.31 Å². The third-order valence-electron chi connectivity index (χ3n) is 3.16. The Morgan fingerprint density at radius 3 is 2.47 bits per heavy atom. The quantitative estimate of drug-likeness (QED) is 0.807. The van der Waals surface area contributed by atoms with E-state index in [1.807, 2.05) is 6.92 Å². The Labute approximate surface area is 112 Å². The maximum atomic E-state index is 13.2. The standard InChI is InChI=1S/C13H17F2NO2S/c1-2-7-16(9-10-3-4-10)19(17,18)11-5-6-12(14)13(15)8-11/h5-6,8,10H,2-4,7,9H2,1H3. The molecule has 0 saturated heterocycles. The Morgan fingerprint density at radius 1 is 1.26 bits per heavy atom. The third kappa shape index (κ3) is 3.30. The van der Waals surface area contributed by atoms with E-state index < -0.39 is 21.7 Å². The molecule has 0 atom stereocenters. The van der Waals surface area contributed by atoms with Crippen molar-refractivity contribution in [3.63, 3.8) is 0 Å². The van der Waals surface area contributed by atoms with Gasteiger partial charge in [0.1, 0.15) is 0 Å². The fraction of sp³-hybridized carbons (Fsp3) is 0.538. The smallest absolute Gasteiger partial charge is 0.207 e. The number of rotatable bonds is 6. The van der Waals surface area contributed by atoms with Crippen molar-refractivity contribution in [2.75, 3.05) is 13.1 Å². The lowest BCUT2D eigenvalue weighted by Crippen LogP contribution is -2.33. The highest BCUT2D eigenvalue weighted by molar-refractivity contribution is 7.89. The molecule has 1 aromatic carbocycles. The number of halogens is 2. The van der Waals surface area contributed by atoms with Crippen LogP contribution in [0, 0.1) is 17.6 Å². The van der Waals surface area contributed by atoms with Gasteiger partial charge in [-0.3, -0.25) is 0 Å². The molecule has 1 fully saturated rings. The topological polar surface area (TPSA) is 37.4 Å². The highest BCUT2D eigenvalue weighted by Crippen LogP contribution is 2.31. The fourth-order valence-corrected chi connectivity index (χ4v) is 3.55. The first-order valence-corrected chi connectivity index (χ1v) is 7.84. The van der Waals surface area contributed by atoms with Crippen molar-refractivity contribution in [1.29, 1.82) is 0 Å². The molecule has 0 radical (unpaired) electrons. The van der Waals surface area contributed by atoms with Crippen molar-refractivity contribution in [3.05, 3.63) is 29.8 Å². The summed E-state index contributed by atoms with van der Waals surface area (Å²) < 4.78 is 52.2. The molecular weight excluding hydrogens is 272 g/mol. The highest BCUT2D eigenvalue weighted by Gasteiger charge is 2.31. The molecule has 1 aromatic rings. The van der Waals surface area contributed by atoms with Crippen LogP contribution in [-0.2, 0) is 10.0 Å². The summed E-state index contributed by atoms with van der Waals surface area (Å²) in [7, 11) is -3.73. The Hall–Kier alpha value is -1.01. The normalized spacial score (nSPS) is 16.0. The van der Waals surface area contributed by atoms with Gasteiger partial charge in [-0.15, -0.1) is 0 Å². The fourth-order valence-electron chi connectivity index (χ4n) is 1.93. The molecule has 1 aliphatic carbocycles. The van der Waals surface area contributed by atoms with E-state index in [0.29, 0.717) is 25.4 Å². The molecule has 0 heterocycles. The van der Waals surface area contributed by atoms with Crippen LogP contribution in [0.1, 0.15) is 26.2 Å². The first-order chi connectivity index (χ1) is 8.95. The molecule has 0 bridgehead atoms. The monoisotopic (exact) mass is 289 g/mol. The summed E-state index contributed by atoms with van der Waals surface area (Å²) in [4.78, 5) is -0.180. The van der Waals surface area contributed by atoms with Crippen LogP contribution >= 0.6 is 0 Å². The molecule has 0 aromatic heterocycles. The molecular formula is C13H17F2NO2S. The summed E-state index contributed by atoms with van der Waals surface area (Å²) in [6, 6.07) is 2.72. The van der Waals surface area contributed by atoms with Crippen molar-refractivity contribution in [3.8, 4) is 0 Å². The van der Waals surface area contributed by atoms with Gasteiger partial charge < -0.3 is 0 Å². The first kappa shape index (κ1) is 14.4. The van der Waals surface area contributed by atoms with Gasteiger partial charge >= 0.3 is 0 Å². The Bertz CT molecular complexity index is 556. The van der Waals surface area contributed by atoms with Crippen LogP contribution in [0.15, 0.2) is 23.1 Å². The van der Waals surface area contributed by atoms with Gasteiger partial charge in [0.15, 0.2) is 11.6 Å². The molecule has 2 rings (SSSR count). The van der Waals surface area contributed by atoms with Crippen LogP contribution in [0.4, 0.5) is 8.78 Å². The van der Waals surface area contributed by atoms with E-state index in [1.165, 1.54) is 4.31 Å². The summed E-state index contributed by atoms with van der Waals surface area (Å²) in [6.45, 7) is 2.76. The van der Waals surface area contributed by atoms with Crippen LogP contribution in [0.3, 0.4) is 0 Å². The lowest BCUT2D eigenvalue weighted by molar-refractivity contribution is 0.395. The van der Waals surface area contributed by atoms with Gasteiger partial charge in [-0.1, -0.05) is 6.92 Å². The maximum Gasteiger partial charge on any atom is 0.243 e. The van der Waals surface area contributed by atoms with Crippen molar-refractivity contribution >= 4 is 10.0 Å². The predicted octanol–water partition coefficient (Wildman–Crippen LogP) is 2.78. The summed E-state index contributed by atoms with van der Waals surface area (Å²) in [5.74, 6) is -1.77. The van der Waals surface area contributed by atoms with Gasteiger partial charge in [0.2, 0.25) is 10.0 Å². The Kier molecular flexibility index (Phi) is 4.20. The lowest BCUT2D eigenvalue weighted by atomic mass is 10.3. The second kappa shape index (κ2) is 5.54. The minimum atomic E-state index is -3.73. The molecule has 0 unspecified atom stereocenters. The molecule has 19 heavy (non-hydrogen) atoms. The van der Waals surface area contributed by atoms with E-state index in [1.54, 1.807) is 0 Å². The minimum absolute atomic E-state index is 0.180. The Morgan fingerprint density at radius 2 is 1.95 bits per heavy atom.